The summed E-state index contributed by atoms with van der Waals surface area (Å²) in [6.07, 6.45) is -1.47. The standard InChI is InChI=1S/C26H29F4N3O/c1-16(2)6-8-32-9-7-23-20(14-32)19-13-18(12-17-15-34-11-10-33(23)25(17)19)31-22-5-3-4-21(24(22)27)26(28,29)30/h3-6,12-13,20,23,31H,7-11,14-15H2,1-2H3. The zero-order valence-corrected chi connectivity index (χ0v) is 19.4. The van der Waals surface area contributed by atoms with Gasteiger partial charge in [0, 0.05) is 55.1 Å². The fourth-order valence-electron chi connectivity index (χ4n) is 5.49. The Morgan fingerprint density at radius 3 is 2.79 bits per heavy atom. The van der Waals surface area contributed by atoms with Crippen molar-refractivity contribution < 1.29 is 22.3 Å². The van der Waals surface area contributed by atoms with Crippen molar-refractivity contribution in [3.8, 4) is 0 Å². The summed E-state index contributed by atoms with van der Waals surface area (Å²) in [6, 6.07) is 7.57. The normalized spacial score (nSPS) is 22.1. The Kier molecular flexibility index (Phi) is 6.06. The predicted molar refractivity (Wildman–Crippen MR) is 125 cm³/mol. The van der Waals surface area contributed by atoms with Gasteiger partial charge in [0.25, 0.3) is 0 Å². The fraction of sp³-hybridized carbons (Fsp3) is 0.462. The minimum atomic E-state index is -4.75. The van der Waals surface area contributed by atoms with Crippen molar-refractivity contribution in [1.82, 2.24) is 4.90 Å². The van der Waals surface area contributed by atoms with Gasteiger partial charge in [-0.3, -0.25) is 4.90 Å². The van der Waals surface area contributed by atoms with Crippen LogP contribution in [0.3, 0.4) is 0 Å². The van der Waals surface area contributed by atoms with Gasteiger partial charge in [-0.05, 0) is 50.1 Å². The first-order chi connectivity index (χ1) is 16.2. The van der Waals surface area contributed by atoms with E-state index in [0.717, 1.165) is 44.2 Å². The van der Waals surface area contributed by atoms with Gasteiger partial charge in [-0.25, -0.2) is 4.39 Å². The number of nitrogens with one attached hydrogen (secondary N) is 1. The zero-order chi connectivity index (χ0) is 24.0. The number of hydrogen-bond donors (Lipinski definition) is 1. The van der Waals surface area contributed by atoms with Crippen LogP contribution in [0.5, 0.6) is 0 Å². The van der Waals surface area contributed by atoms with E-state index < -0.39 is 17.6 Å². The van der Waals surface area contributed by atoms with Crippen LogP contribution in [0.2, 0.25) is 0 Å². The van der Waals surface area contributed by atoms with E-state index in [0.29, 0.717) is 30.9 Å². The molecular weight excluding hydrogens is 446 g/mol. The molecule has 1 fully saturated rings. The van der Waals surface area contributed by atoms with Gasteiger partial charge in [0.15, 0.2) is 5.82 Å². The maximum absolute atomic E-state index is 14.7. The lowest BCUT2D eigenvalue weighted by atomic mass is 9.88. The van der Waals surface area contributed by atoms with Crippen LogP contribution in [0.1, 0.15) is 42.9 Å². The summed E-state index contributed by atoms with van der Waals surface area (Å²) >= 11 is 0. The van der Waals surface area contributed by atoms with E-state index in [1.54, 1.807) is 0 Å². The predicted octanol–water partition coefficient (Wildman–Crippen LogP) is 6.06. The summed E-state index contributed by atoms with van der Waals surface area (Å²) in [4.78, 5) is 4.91. The van der Waals surface area contributed by atoms with E-state index in [1.807, 2.05) is 12.1 Å². The third kappa shape index (κ3) is 4.29. The van der Waals surface area contributed by atoms with Crippen LogP contribution < -0.4 is 10.2 Å². The first-order valence-corrected chi connectivity index (χ1v) is 11.7. The highest BCUT2D eigenvalue weighted by Gasteiger charge is 2.43. The van der Waals surface area contributed by atoms with Crippen molar-refractivity contribution in [2.24, 2.45) is 0 Å². The largest absolute Gasteiger partial charge is 0.419 e. The lowest BCUT2D eigenvalue weighted by Crippen LogP contribution is -2.46. The van der Waals surface area contributed by atoms with Gasteiger partial charge in [0.1, 0.15) is 0 Å². The topological polar surface area (TPSA) is 27.7 Å². The van der Waals surface area contributed by atoms with Gasteiger partial charge in [-0.2, -0.15) is 13.2 Å². The Morgan fingerprint density at radius 2 is 2.03 bits per heavy atom. The van der Waals surface area contributed by atoms with Crippen molar-refractivity contribution >= 4 is 17.1 Å². The van der Waals surface area contributed by atoms with Crippen molar-refractivity contribution in [3.63, 3.8) is 0 Å². The van der Waals surface area contributed by atoms with E-state index in [1.165, 1.54) is 29.0 Å². The highest BCUT2D eigenvalue weighted by Crippen LogP contribution is 2.49. The number of anilines is 3. The summed E-state index contributed by atoms with van der Waals surface area (Å²) in [5.41, 5.74) is 3.77. The number of alkyl halides is 3. The Balaban J connectivity index is 1.50. The third-order valence-corrected chi connectivity index (χ3v) is 7.04. The Bertz CT molecular complexity index is 1110. The number of halogens is 4. The second-order valence-corrected chi connectivity index (χ2v) is 9.61. The van der Waals surface area contributed by atoms with Crippen molar-refractivity contribution in [2.45, 2.75) is 45.0 Å². The molecule has 0 amide bonds. The molecule has 0 aromatic heterocycles. The number of allylic oxidation sites excluding steroid dienone is 1. The van der Waals surface area contributed by atoms with E-state index >= 15 is 0 Å². The molecule has 0 bridgehead atoms. The van der Waals surface area contributed by atoms with E-state index in [-0.39, 0.29) is 5.69 Å². The molecule has 0 saturated carbocycles. The van der Waals surface area contributed by atoms with Gasteiger partial charge in [-0.1, -0.05) is 17.7 Å². The Hall–Kier alpha value is -2.58. The van der Waals surface area contributed by atoms with Crippen molar-refractivity contribution in [1.29, 1.82) is 0 Å². The molecule has 5 rings (SSSR count). The zero-order valence-electron chi connectivity index (χ0n) is 19.4. The van der Waals surface area contributed by atoms with Gasteiger partial charge in [0.2, 0.25) is 0 Å². The molecule has 182 valence electrons. The molecule has 8 heteroatoms. The molecule has 3 aliphatic rings. The van der Waals surface area contributed by atoms with Gasteiger partial charge >= 0.3 is 6.18 Å². The maximum atomic E-state index is 14.7. The Labute approximate surface area is 197 Å². The van der Waals surface area contributed by atoms with Crippen LogP contribution in [0.15, 0.2) is 42.0 Å². The molecule has 2 atom stereocenters. The number of benzene rings is 2. The average Bonchev–Trinajstić information content (AvgIpc) is 2.93. The SMILES string of the molecule is CC(C)=CCN1CCC2C(C1)c1cc(Nc3cccc(C(F)(F)F)c3F)cc3c1N2CCOC3. The number of hydrogen-bond acceptors (Lipinski definition) is 4. The molecule has 0 spiro atoms. The first-order valence-electron chi connectivity index (χ1n) is 11.7. The molecule has 4 nitrogen and oxygen atoms in total. The molecule has 0 radical (unpaired) electrons. The molecule has 1 saturated heterocycles. The molecular formula is C26H29F4N3O. The summed E-state index contributed by atoms with van der Waals surface area (Å²) in [6.45, 7) is 8.93. The number of piperidine rings is 1. The second kappa shape index (κ2) is 8.89. The minimum absolute atomic E-state index is 0.184. The molecule has 3 aliphatic heterocycles. The summed E-state index contributed by atoms with van der Waals surface area (Å²) < 4.78 is 60.1. The van der Waals surface area contributed by atoms with Crippen LogP contribution in [0.4, 0.5) is 34.6 Å². The Morgan fingerprint density at radius 1 is 1.21 bits per heavy atom. The van der Waals surface area contributed by atoms with Crippen LogP contribution in [-0.4, -0.2) is 43.7 Å². The lowest BCUT2D eigenvalue weighted by Gasteiger charge is -2.38. The number of nitrogens with zero attached hydrogens (tertiary/aromatic N) is 2. The first kappa shape index (κ1) is 23.2. The molecule has 1 N–H and O–H groups in total. The molecule has 0 aliphatic carbocycles. The van der Waals surface area contributed by atoms with Crippen LogP contribution in [0, 0.1) is 5.82 Å². The molecule has 34 heavy (non-hydrogen) atoms. The van der Waals surface area contributed by atoms with E-state index in [9.17, 15) is 17.6 Å². The molecule has 3 heterocycles. The lowest BCUT2D eigenvalue weighted by molar-refractivity contribution is -0.139. The smallest absolute Gasteiger partial charge is 0.375 e. The molecule has 2 aromatic rings. The van der Waals surface area contributed by atoms with Crippen LogP contribution in [-0.2, 0) is 17.5 Å². The third-order valence-electron chi connectivity index (χ3n) is 7.04. The second-order valence-electron chi connectivity index (χ2n) is 9.61. The summed E-state index contributed by atoms with van der Waals surface area (Å²) in [7, 11) is 0. The highest BCUT2D eigenvalue weighted by molar-refractivity contribution is 5.74. The van der Waals surface area contributed by atoms with Crippen LogP contribution >= 0.6 is 0 Å². The van der Waals surface area contributed by atoms with Gasteiger partial charge < -0.3 is 15.0 Å². The quantitative estimate of drug-likeness (QED) is 0.430. The number of likely N-dealkylation sites (tertiary alicyclic amines) is 1. The maximum Gasteiger partial charge on any atom is 0.419 e. The number of rotatable bonds is 4. The average molecular weight is 476 g/mol. The van der Waals surface area contributed by atoms with E-state index in [2.05, 4.69) is 35.0 Å². The minimum Gasteiger partial charge on any atom is -0.375 e. The van der Waals surface area contributed by atoms with Crippen LogP contribution in [0.25, 0.3) is 0 Å². The molecule has 2 aromatic carbocycles. The van der Waals surface area contributed by atoms with Gasteiger partial charge in [0.05, 0.1) is 24.5 Å². The van der Waals surface area contributed by atoms with Crippen molar-refractivity contribution in [2.75, 3.05) is 43.0 Å². The van der Waals surface area contributed by atoms with Gasteiger partial charge in [-0.15, -0.1) is 0 Å². The highest BCUT2D eigenvalue weighted by atomic mass is 19.4. The molecule has 2 unspecified atom stereocenters. The monoisotopic (exact) mass is 475 g/mol. The van der Waals surface area contributed by atoms with E-state index in [4.69, 9.17) is 4.74 Å². The number of ether oxygens (including phenoxy) is 1. The number of fused-ring (bicyclic) bond motifs is 3. The van der Waals surface area contributed by atoms with Crippen molar-refractivity contribution in [3.05, 3.63) is 64.5 Å². The summed E-state index contributed by atoms with van der Waals surface area (Å²) in [5, 5.41) is 2.92. The summed E-state index contributed by atoms with van der Waals surface area (Å²) in [5.74, 6) is -0.998. The fourth-order valence-corrected chi connectivity index (χ4v) is 5.49.